The van der Waals surface area contributed by atoms with E-state index in [0.29, 0.717) is 11.5 Å². The van der Waals surface area contributed by atoms with Crippen molar-refractivity contribution < 1.29 is 9.47 Å². The van der Waals surface area contributed by atoms with Crippen molar-refractivity contribution in [3.05, 3.63) is 59.2 Å². The Labute approximate surface area is 120 Å². The van der Waals surface area contributed by atoms with Crippen LogP contribution in [0, 0.1) is 0 Å². The van der Waals surface area contributed by atoms with Gasteiger partial charge in [-0.3, -0.25) is 0 Å². The molecule has 2 N–H and O–H groups in total. The molecule has 1 atom stereocenters. The largest absolute Gasteiger partial charge is 0.493 e. The normalized spacial score (nSPS) is 12.0. The zero-order valence-corrected chi connectivity index (χ0v) is 12.2. The minimum atomic E-state index is -0.166. The lowest BCUT2D eigenvalue weighted by Gasteiger charge is -2.15. The molecule has 0 aliphatic carbocycles. The SMILES string of the molecule is CCc1ccc(C(N)c2ccc(OC)c(OC)c2)cc1. The van der Waals surface area contributed by atoms with Gasteiger partial charge >= 0.3 is 0 Å². The predicted molar refractivity (Wildman–Crippen MR) is 81.4 cm³/mol. The topological polar surface area (TPSA) is 44.5 Å². The quantitative estimate of drug-likeness (QED) is 0.907. The van der Waals surface area contributed by atoms with E-state index in [0.717, 1.165) is 17.5 Å². The summed E-state index contributed by atoms with van der Waals surface area (Å²) in [6, 6.07) is 14.0. The molecule has 0 aliphatic heterocycles. The van der Waals surface area contributed by atoms with Crippen LogP contribution in [-0.2, 0) is 6.42 Å². The molecule has 1 unspecified atom stereocenters. The van der Waals surface area contributed by atoms with E-state index in [1.165, 1.54) is 5.56 Å². The maximum atomic E-state index is 6.33. The summed E-state index contributed by atoms with van der Waals surface area (Å²) < 4.78 is 10.6. The van der Waals surface area contributed by atoms with Gasteiger partial charge < -0.3 is 15.2 Å². The van der Waals surface area contributed by atoms with E-state index in [1.54, 1.807) is 14.2 Å². The molecule has 2 aromatic rings. The molecule has 0 radical (unpaired) electrons. The van der Waals surface area contributed by atoms with Crippen molar-refractivity contribution in [1.82, 2.24) is 0 Å². The van der Waals surface area contributed by atoms with Crippen LogP contribution in [0.2, 0.25) is 0 Å². The van der Waals surface area contributed by atoms with E-state index in [4.69, 9.17) is 15.2 Å². The third-order valence-corrected chi connectivity index (χ3v) is 3.51. The van der Waals surface area contributed by atoms with Gasteiger partial charge in [0, 0.05) is 0 Å². The average Bonchev–Trinajstić information content (AvgIpc) is 2.53. The Kier molecular flexibility index (Phi) is 4.64. The number of ether oxygens (including phenoxy) is 2. The average molecular weight is 271 g/mol. The molecule has 106 valence electrons. The van der Waals surface area contributed by atoms with E-state index in [-0.39, 0.29) is 6.04 Å². The van der Waals surface area contributed by atoms with Crippen LogP contribution in [0.4, 0.5) is 0 Å². The second-order valence-corrected chi connectivity index (χ2v) is 4.69. The maximum Gasteiger partial charge on any atom is 0.161 e. The molecule has 0 spiro atoms. The van der Waals surface area contributed by atoms with Crippen molar-refractivity contribution in [2.24, 2.45) is 5.73 Å². The molecule has 0 aliphatic rings. The molecule has 0 heterocycles. The molecule has 3 nitrogen and oxygen atoms in total. The van der Waals surface area contributed by atoms with Gasteiger partial charge in [-0.15, -0.1) is 0 Å². The molecule has 0 aromatic heterocycles. The van der Waals surface area contributed by atoms with Crippen LogP contribution in [0.1, 0.15) is 29.7 Å². The van der Waals surface area contributed by atoms with Crippen molar-refractivity contribution in [3.8, 4) is 11.5 Å². The summed E-state index contributed by atoms with van der Waals surface area (Å²) in [5.41, 5.74) is 9.74. The summed E-state index contributed by atoms with van der Waals surface area (Å²) in [4.78, 5) is 0. The lowest BCUT2D eigenvalue weighted by molar-refractivity contribution is 0.354. The molecule has 0 saturated heterocycles. The molecular weight excluding hydrogens is 250 g/mol. The number of methoxy groups -OCH3 is 2. The fourth-order valence-electron chi connectivity index (χ4n) is 2.20. The summed E-state index contributed by atoms with van der Waals surface area (Å²) in [5, 5.41) is 0. The van der Waals surface area contributed by atoms with Crippen LogP contribution in [-0.4, -0.2) is 14.2 Å². The summed E-state index contributed by atoms with van der Waals surface area (Å²) in [7, 11) is 3.25. The molecule has 0 amide bonds. The molecule has 3 heteroatoms. The first-order valence-corrected chi connectivity index (χ1v) is 6.76. The second-order valence-electron chi connectivity index (χ2n) is 4.69. The maximum absolute atomic E-state index is 6.33. The predicted octanol–water partition coefficient (Wildman–Crippen LogP) is 3.31. The first kappa shape index (κ1) is 14.4. The van der Waals surface area contributed by atoms with Crippen molar-refractivity contribution in [3.63, 3.8) is 0 Å². The second kappa shape index (κ2) is 6.44. The minimum Gasteiger partial charge on any atom is -0.493 e. The molecular formula is C17H21NO2. The molecule has 0 fully saturated rings. The van der Waals surface area contributed by atoms with Crippen LogP contribution in [0.25, 0.3) is 0 Å². The van der Waals surface area contributed by atoms with E-state index in [9.17, 15) is 0 Å². The molecule has 0 saturated carbocycles. The number of hydrogen-bond donors (Lipinski definition) is 1. The standard InChI is InChI=1S/C17H21NO2/c1-4-12-5-7-13(8-6-12)17(18)14-9-10-15(19-2)16(11-14)20-3/h5-11,17H,4,18H2,1-3H3. The molecule has 0 bridgehead atoms. The first-order valence-electron chi connectivity index (χ1n) is 6.76. The van der Waals surface area contributed by atoms with Gasteiger partial charge in [0.2, 0.25) is 0 Å². The van der Waals surface area contributed by atoms with E-state index in [1.807, 2.05) is 18.2 Å². The lowest BCUT2D eigenvalue weighted by Crippen LogP contribution is -2.12. The Morgan fingerprint density at radius 2 is 1.50 bits per heavy atom. The Balaban J connectivity index is 2.29. The lowest BCUT2D eigenvalue weighted by atomic mass is 9.98. The van der Waals surface area contributed by atoms with Crippen LogP contribution >= 0.6 is 0 Å². The van der Waals surface area contributed by atoms with Gasteiger partial charge in [0.1, 0.15) is 0 Å². The van der Waals surface area contributed by atoms with Crippen molar-refractivity contribution in [2.75, 3.05) is 14.2 Å². The highest BCUT2D eigenvalue weighted by Gasteiger charge is 2.12. The highest BCUT2D eigenvalue weighted by Crippen LogP contribution is 2.31. The number of hydrogen-bond acceptors (Lipinski definition) is 3. The minimum absolute atomic E-state index is 0.166. The van der Waals surface area contributed by atoms with E-state index >= 15 is 0 Å². The Morgan fingerprint density at radius 1 is 0.900 bits per heavy atom. The zero-order chi connectivity index (χ0) is 14.5. The highest BCUT2D eigenvalue weighted by atomic mass is 16.5. The van der Waals surface area contributed by atoms with Gasteiger partial charge in [0.05, 0.1) is 20.3 Å². The molecule has 2 aromatic carbocycles. The van der Waals surface area contributed by atoms with Crippen molar-refractivity contribution in [2.45, 2.75) is 19.4 Å². The smallest absolute Gasteiger partial charge is 0.161 e. The van der Waals surface area contributed by atoms with Crippen LogP contribution in [0.5, 0.6) is 11.5 Å². The Morgan fingerprint density at radius 3 is 2.05 bits per heavy atom. The summed E-state index contributed by atoms with van der Waals surface area (Å²) >= 11 is 0. The van der Waals surface area contributed by atoms with Gasteiger partial charge in [-0.2, -0.15) is 0 Å². The van der Waals surface area contributed by atoms with Gasteiger partial charge in [-0.25, -0.2) is 0 Å². The summed E-state index contributed by atoms with van der Waals surface area (Å²) in [5.74, 6) is 1.41. The Bertz CT molecular complexity index is 564. The van der Waals surface area contributed by atoms with Crippen molar-refractivity contribution in [1.29, 1.82) is 0 Å². The van der Waals surface area contributed by atoms with Crippen LogP contribution in [0.3, 0.4) is 0 Å². The highest BCUT2D eigenvalue weighted by molar-refractivity contribution is 5.45. The van der Waals surface area contributed by atoms with Gasteiger partial charge in [0.15, 0.2) is 11.5 Å². The number of rotatable bonds is 5. The van der Waals surface area contributed by atoms with Crippen LogP contribution in [0.15, 0.2) is 42.5 Å². The molecule has 20 heavy (non-hydrogen) atoms. The first-order chi connectivity index (χ1) is 9.69. The number of nitrogens with two attached hydrogens (primary N) is 1. The third kappa shape index (κ3) is 2.94. The van der Waals surface area contributed by atoms with E-state index < -0.39 is 0 Å². The number of aryl methyl sites for hydroxylation is 1. The van der Waals surface area contributed by atoms with E-state index in [2.05, 4.69) is 31.2 Å². The monoisotopic (exact) mass is 271 g/mol. The summed E-state index contributed by atoms with van der Waals surface area (Å²) in [6.45, 7) is 2.14. The van der Waals surface area contributed by atoms with Gasteiger partial charge in [0.25, 0.3) is 0 Å². The number of benzene rings is 2. The fourth-order valence-corrected chi connectivity index (χ4v) is 2.20. The summed E-state index contributed by atoms with van der Waals surface area (Å²) in [6.07, 6.45) is 1.03. The fraction of sp³-hybridized carbons (Fsp3) is 0.294. The Hall–Kier alpha value is -2.00. The van der Waals surface area contributed by atoms with Gasteiger partial charge in [-0.05, 0) is 35.2 Å². The third-order valence-electron chi connectivity index (χ3n) is 3.51. The van der Waals surface area contributed by atoms with Crippen LogP contribution < -0.4 is 15.2 Å². The van der Waals surface area contributed by atoms with Crippen molar-refractivity contribution >= 4 is 0 Å². The van der Waals surface area contributed by atoms with Gasteiger partial charge in [-0.1, -0.05) is 37.3 Å². The molecule has 2 rings (SSSR count). The zero-order valence-electron chi connectivity index (χ0n) is 12.2.